The molecule has 8 heteroatoms. The number of para-hydroxylation sites is 1. The molecule has 3 N–H and O–H groups in total. The first-order valence-electron chi connectivity index (χ1n) is 11.4. The molecule has 2 aliphatic carbocycles. The number of ether oxygens (including phenoxy) is 1. The number of aliphatic carboxylic acids is 1. The lowest BCUT2D eigenvalue weighted by molar-refractivity contribution is -0.138. The minimum absolute atomic E-state index is 0.0497. The standard InChI is InChI=1S/C27H23FN2O5/c28-23-11-5-10-20(25(31)29-13-15-12-21(15)26(32)33)24(23)30-27(34)35-14-22-18-8-3-1-6-16(18)17-7-2-4-9-19(17)22/h1-11,15,21-22H,12-14H2,(H,29,31)(H,30,34)(H,32,33)/t15-,21-/m0/s1. The van der Waals surface area contributed by atoms with E-state index in [0.717, 1.165) is 28.3 Å². The zero-order valence-electron chi connectivity index (χ0n) is 18.7. The number of hydrogen-bond acceptors (Lipinski definition) is 4. The van der Waals surface area contributed by atoms with Crippen LogP contribution in [0.4, 0.5) is 14.9 Å². The highest BCUT2D eigenvalue weighted by Crippen LogP contribution is 2.44. The highest BCUT2D eigenvalue weighted by Gasteiger charge is 2.43. The summed E-state index contributed by atoms with van der Waals surface area (Å²) in [7, 11) is 0. The van der Waals surface area contributed by atoms with Crippen molar-refractivity contribution in [1.82, 2.24) is 5.32 Å². The van der Waals surface area contributed by atoms with Gasteiger partial charge < -0.3 is 15.2 Å². The fourth-order valence-electron chi connectivity index (χ4n) is 4.67. The predicted molar refractivity (Wildman–Crippen MR) is 127 cm³/mol. The van der Waals surface area contributed by atoms with Crippen LogP contribution in [0.1, 0.15) is 33.8 Å². The number of amides is 2. The van der Waals surface area contributed by atoms with Gasteiger partial charge in [0.05, 0.1) is 17.2 Å². The molecule has 0 heterocycles. The Morgan fingerprint density at radius 1 is 0.943 bits per heavy atom. The molecule has 7 nitrogen and oxygen atoms in total. The SMILES string of the molecule is O=C(Nc1c(F)cccc1C(=O)NC[C@@H]1C[C@@H]1C(=O)O)OCC1c2ccccc2-c2ccccc21. The first-order valence-corrected chi connectivity index (χ1v) is 11.4. The molecular formula is C27H23FN2O5. The lowest BCUT2D eigenvalue weighted by Gasteiger charge is -2.16. The summed E-state index contributed by atoms with van der Waals surface area (Å²) < 4.78 is 20.0. The van der Waals surface area contributed by atoms with Crippen LogP contribution in [0.15, 0.2) is 66.7 Å². The average molecular weight is 474 g/mol. The van der Waals surface area contributed by atoms with Gasteiger partial charge in [-0.1, -0.05) is 54.6 Å². The second-order valence-corrected chi connectivity index (χ2v) is 8.76. The largest absolute Gasteiger partial charge is 0.481 e. The van der Waals surface area contributed by atoms with Crippen LogP contribution >= 0.6 is 0 Å². The third kappa shape index (κ3) is 4.47. The molecule has 3 aromatic rings. The van der Waals surface area contributed by atoms with Crippen molar-refractivity contribution >= 4 is 23.7 Å². The molecule has 0 unspecified atom stereocenters. The molecule has 35 heavy (non-hydrogen) atoms. The number of carboxylic acid groups (broad SMARTS) is 1. The van der Waals surface area contributed by atoms with Crippen molar-refractivity contribution in [2.24, 2.45) is 11.8 Å². The molecule has 178 valence electrons. The zero-order valence-corrected chi connectivity index (χ0v) is 18.7. The number of carbonyl (C=O) groups is 3. The van der Waals surface area contributed by atoms with E-state index in [0.29, 0.717) is 6.42 Å². The fraction of sp³-hybridized carbons (Fsp3) is 0.222. The van der Waals surface area contributed by atoms with Crippen molar-refractivity contribution < 1.29 is 28.6 Å². The van der Waals surface area contributed by atoms with E-state index in [1.54, 1.807) is 0 Å². The molecule has 0 saturated heterocycles. The van der Waals surface area contributed by atoms with Gasteiger partial charge in [0.1, 0.15) is 12.4 Å². The number of fused-ring (bicyclic) bond motifs is 3. The van der Waals surface area contributed by atoms with Crippen LogP contribution in [0.2, 0.25) is 0 Å². The Morgan fingerprint density at radius 3 is 2.23 bits per heavy atom. The molecule has 0 aliphatic heterocycles. The average Bonchev–Trinajstić information content (AvgIpc) is 3.58. The number of nitrogens with one attached hydrogen (secondary N) is 2. The van der Waals surface area contributed by atoms with Crippen LogP contribution in [-0.4, -0.2) is 36.2 Å². The molecule has 5 rings (SSSR count). The van der Waals surface area contributed by atoms with Gasteiger partial charge in [-0.05, 0) is 46.7 Å². The lowest BCUT2D eigenvalue weighted by Crippen LogP contribution is -2.28. The van der Waals surface area contributed by atoms with Gasteiger partial charge in [-0.3, -0.25) is 14.9 Å². The molecular weight excluding hydrogens is 451 g/mol. The topological polar surface area (TPSA) is 105 Å². The summed E-state index contributed by atoms with van der Waals surface area (Å²) in [6.07, 6.45) is -0.386. The van der Waals surface area contributed by atoms with Gasteiger partial charge in [0.25, 0.3) is 5.91 Å². The van der Waals surface area contributed by atoms with Gasteiger partial charge >= 0.3 is 12.1 Å². The maximum atomic E-state index is 14.6. The van der Waals surface area contributed by atoms with Gasteiger partial charge in [-0.25, -0.2) is 9.18 Å². The predicted octanol–water partition coefficient (Wildman–Crippen LogP) is 4.64. The third-order valence-electron chi connectivity index (χ3n) is 6.59. The van der Waals surface area contributed by atoms with Gasteiger partial charge in [-0.2, -0.15) is 0 Å². The second-order valence-electron chi connectivity index (χ2n) is 8.76. The Balaban J connectivity index is 1.25. The van der Waals surface area contributed by atoms with E-state index in [9.17, 15) is 18.8 Å². The number of rotatable bonds is 7. The van der Waals surface area contributed by atoms with E-state index < -0.39 is 29.7 Å². The van der Waals surface area contributed by atoms with Crippen LogP contribution in [-0.2, 0) is 9.53 Å². The Labute approximate surface area is 200 Å². The van der Waals surface area contributed by atoms with Crippen LogP contribution in [0, 0.1) is 17.7 Å². The zero-order chi connectivity index (χ0) is 24.5. The third-order valence-corrected chi connectivity index (χ3v) is 6.59. The number of carbonyl (C=O) groups excluding carboxylic acids is 2. The van der Waals surface area contributed by atoms with Crippen molar-refractivity contribution in [2.45, 2.75) is 12.3 Å². The first kappa shape index (κ1) is 22.6. The summed E-state index contributed by atoms with van der Waals surface area (Å²) >= 11 is 0. The van der Waals surface area contributed by atoms with E-state index in [4.69, 9.17) is 9.84 Å². The summed E-state index contributed by atoms with van der Waals surface area (Å²) in [6, 6.07) is 19.7. The Kier molecular flexibility index (Phi) is 5.94. The van der Waals surface area contributed by atoms with Gasteiger partial charge in [0.2, 0.25) is 0 Å². The molecule has 0 radical (unpaired) electrons. The van der Waals surface area contributed by atoms with E-state index >= 15 is 0 Å². The minimum Gasteiger partial charge on any atom is -0.481 e. The monoisotopic (exact) mass is 474 g/mol. The van der Waals surface area contributed by atoms with E-state index in [2.05, 4.69) is 10.6 Å². The van der Waals surface area contributed by atoms with Gasteiger partial charge in [0.15, 0.2) is 0 Å². The molecule has 2 aliphatic rings. The van der Waals surface area contributed by atoms with Crippen molar-refractivity contribution in [3.8, 4) is 11.1 Å². The maximum Gasteiger partial charge on any atom is 0.411 e. The minimum atomic E-state index is -0.896. The van der Waals surface area contributed by atoms with Crippen LogP contribution in [0.5, 0.6) is 0 Å². The molecule has 2 amide bonds. The van der Waals surface area contributed by atoms with Gasteiger partial charge in [-0.15, -0.1) is 0 Å². The molecule has 2 atom stereocenters. The van der Waals surface area contributed by atoms with Crippen LogP contribution in [0.3, 0.4) is 0 Å². The Bertz CT molecular complexity index is 1280. The van der Waals surface area contributed by atoms with Crippen LogP contribution in [0.25, 0.3) is 11.1 Å². The number of benzene rings is 3. The molecule has 1 saturated carbocycles. The molecule has 1 fully saturated rings. The highest BCUT2D eigenvalue weighted by molar-refractivity contribution is 6.02. The second kappa shape index (κ2) is 9.21. The van der Waals surface area contributed by atoms with Crippen molar-refractivity contribution in [1.29, 1.82) is 0 Å². The first-order chi connectivity index (χ1) is 16.9. The normalized spacial score (nSPS) is 17.7. The summed E-state index contributed by atoms with van der Waals surface area (Å²) in [5.41, 5.74) is 3.93. The lowest BCUT2D eigenvalue weighted by atomic mass is 9.98. The molecule has 3 aromatic carbocycles. The van der Waals surface area contributed by atoms with E-state index in [1.165, 1.54) is 12.1 Å². The molecule has 0 bridgehead atoms. The smallest absolute Gasteiger partial charge is 0.411 e. The molecule has 0 aromatic heterocycles. The van der Waals surface area contributed by atoms with Crippen molar-refractivity contribution in [2.75, 3.05) is 18.5 Å². The summed E-state index contributed by atoms with van der Waals surface area (Å²) in [4.78, 5) is 36.2. The Morgan fingerprint density at radius 2 is 1.60 bits per heavy atom. The van der Waals surface area contributed by atoms with E-state index in [1.807, 2.05) is 48.5 Å². The summed E-state index contributed by atoms with van der Waals surface area (Å²) in [5, 5.41) is 14.0. The molecule has 0 spiro atoms. The van der Waals surface area contributed by atoms with Crippen LogP contribution < -0.4 is 10.6 Å². The number of halogens is 1. The van der Waals surface area contributed by atoms with Crippen molar-refractivity contribution in [3.63, 3.8) is 0 Å². The summed E-state index contributed by atoms with van der Waals surface area (Å²) in [5.74, 6) is -3.05. The number of carboxylic acids is 1. The maximum absolute atomic E-state index is 14.6. The Hall–Kier alpha value is -4.20. The fourth-order valence-corrected chi connectivity index (χ4v) is 4.67. The van der Waals surface area contributed by atoms with Crippen molar-refractivity contribution in [3.05, 3.63) is 89.2 Å². The highest BCUT2D eigenvalue weighted by atomic mass is 19.1. The van der Waals surface area contributed by atoms with Gasteiger partial charge in [0, 0.05) is 12.5 Å². The number of anilines is 1. The van der Waals surface area contributed by atoms with E-state index in [-0.39, 0.29) is 36.2 Å². The number of hydrogen-bond donors (Lipinski definition) is 3. The quantitative estimate of drug-likeness (QED) is 0.463. The summed E-state index contributed by atoms with van der Waals surface area (Å²) in [6.45, 7) is 0.213.